The molecule has 8 rings (SSSR count). The molecule has 62 heavy (non-hydrogen) atoms. The second-order valence-corrected chi connectivity index (χ2v) is 19.4. The maximum Gasteiger partial charge on any atom is 0.0546 e. The van der Waals surface area contributed by atoms with Crippen molar-refractivity contribution in [1.29, 1.82) is 0 Å². The van der Waals surface area contributed by atoms with Gasteiger partial charge in [-0.3, -0.25) is 0 Å². The van der Waals surface area contributed by atoms with Crippen LogP contribution in [0.1, 0.15) is 135 Å². The van der Waals surface area contributed by atoms with Gasteiger partial charge in [0.1, 0.15) is 0 Å². The van der Waals surface area contributed by atoms with Crippen LogP contribution in [-0.2, 0) is 0 Å². The molecule has 316 valence electrons. The lowest BCUT2D eigenvalue weighted by Crippen LogP contribution is -2.14. The normalized spacial score (nSPS) is 12.0. The van der Waals surface area contributed by atoms with Gasteiger partial charge in [-0.05, 0) is 203 Å². The molecule has 0 bridgehead atoms. The highest BCUT2D eigenvalue weighted by molar-refractivity contribution is 6.24. The quantitative estimate of drug-likeness (QED) is 0.127. The lowest BCUT2D eigenvalue weighted by molar-refractivity contribution is 0.833. The fourth-order valence-electron chi connectivity index (χ4n) is 9.33. The molecule has 8 aromatic rings. The van der Waals surface area contributed by atoms with E-state index in [1.54, 1.807) is 0 Å². The van der Waals surface area contributed by atoms with E-state index in [0.29, 0.717) is 23.7 Å². The Bertz CT molecular complexity index is 2690. The Hall–Kier alpha value is -5.86. The third-order valence-electron chi connectivity index (χ3n) is 13.8. The van der Waals surface area contributed by atoms with Gasteiger partial charge in [-0.2, -0.15) is 0 Å². The number of benzene rings is 8. The molecular weight excluding hydrogens is 749 g/mol. The van der Waals surface area contributed by atoms with E-state index in [0.717, 1.165) is 0 Å². The lowest BCUT2D eigenvalue weighted by Gasteiger charge is -2.32. The summed E-state index contributed by atoms with van der Waals surface area (Å²) >= 11 is 0. The number of rotatable bonds is 10. The highest BCUT2D eigenvalue weighted by atomic mass is 15.2. The summed E-state index contributed by atoms with van der Waals surface area (Å²) in [5.41, 5.74) is 20.5. The van der Waals surface area contributed by atoms with Crippen molar-refractivity contribution in [3.63, 3.8) is 0 Å². The van der Waals surface area contributed by atoms with Crippen LogP contribution in [0.5, 0.6) is 0 Å². The van der Waals surface area contributed by atoms with Crippen LogP contribution >= 0.6 is 0 Å². The number of aryl methyl sites for hydroxylation is 4. The monoisotopic (exact) mass is 815 g/mol. The molecule has 0 saturated carbocycles. The Kier molecular flexibility index (Phi) is 11.6. The highest BCUT2D eigenvalue weighted by Crippen LogP contribution is 2.49. The molecule has 0 aliphatic heterocycles. The molecule has 0 heterocycles. The van der Waals surface area contributed by atoms with Crippen molar-refractivity contribution >= 4 is 66.4 Å². The van der Waals surface area contributed by atoms with Crippen LogP contribution in [0.2, 0.25) is 0 Å². The lowest BCUT2D eigenvalue weighted by atomic mass is 9.91. The summed E-state index contributed by atoms with van der Waals surface area (Å²) in [5, 5.41) is 7.46. The fraction of sp³-hybridized carbons (Fsp3) is 0.300. The minimum absolute atomic E-state index is 0.397. The predicted octanol–water partition coefficient (Wildman–Crippen LogP) is 18.4. The van der Waals surface area contributed by atoms with Gasteiger partial charge in [0.15, 0.2) is 0 Å². The van der Waals surface area contributed by atoms with Crippen LogP contribution in [0.15, 0.2) is 121 Å². The van der Waals surface area contributed by atoms with Gasteiger partial charge in [0.2, 0.25) is 0 Å². The molecule has 0 spiro atoms. The molecule has 0 atom stereocenters. The van der Waals surface area contributed by atoms with Crippen LogP contribution in [0, 0.1) is 41.5 Å². The summed E-state index contributed by atoms with van der Waals surface area (Å²) in [6.07, 6.45) is 0. The zero-order valence-corrected chi connectivity index (χ0v) is 39.8. The zero-order chi connectivity index (χ0) is 44.3. The van der Waals surface area contributed by atoms with Crippen molar-refractivity contribution in [3.8, 4) is 0 Å². The summed E-state index contributed by atoms with van der Waals surface area (Å²) in [4.78, 5) is 5.10. The summed E-state index contributed by atoms with van der Waals surface area (Å²) in [7, 11) is 0. The van der Waals surface area contributed by atoms with E-state index < -0.39 is 0 Å². The molecule has 0 fully saturated rings. The average Bonchev–Trinajstić information content (AvgIpc) is 3.24. The first-order chi connectivity index (χ1) is 29.5. The molecule has 0 aromatic heterocycles. The minimum Gasteiger partial charge on any atom is -0.310 e. The Morgan fingerprint density at radius 2 is 0.548 bits per heavy atom. The summed E-state index contributed by atoms with van der Waals surface area (Å²) < 4.78 is 0. The van der Waals surface area contributed by atoms with E-state index in [9.17, 15) is 0 Å². The molecule has 0 aliphatic rings. The van der Waals surface area contributed by atoms with Gasteiger partial charge in [0, 0.05) is 33.5 Å². The number of hydrogen-bond acceptors (Lipinski definition) is 2. The van der Waals surface area contributed by atoms with Gasteiger partial charge in [-0.25, -0.2) is 0 Å². The van der Waals surface area contributed by atoms with E-state index in [2.05, 4.69) is 228 Å². The number of hydrogen-bond donors (Lipinski definition) is 0. The molecule has 2 heteroatoms. The molecule has 2 nitrogen and oxygen atoms in total. The SMILES string of the molecule is Cc1cc(N(c2cc(C(C)C)cc(C(C)C)c2)c2cc3c4ccccc4c(N(c4cc(C(C)C)cc(C(C)C)c4)c4cc(C)c(C)c(C)c4)cc3c3ccccc23)cc(C)c1C. The molecular formula is C60H66N2. The van der Waals surface area contributed by atoms with Gasteiger partial charge >= 0.3 is 0 Å². The Labute approximate surface area is 372 Å². The largest absolute Gasteiger partial charge is 0.310 e. The van der Waals surface area contributed by atoms with Gasteiger partial charge in [-0.1, -0.05) is 116 Å². The molecule has 0 amide bonds. The van der Waals surface area contributed by atoms with Gasteiger partial charge in [-0.15, -0.1) is 0 Å². The Balaban J connectivity index is 1.50. The molecule has 0 unspecified atom stereocenters. The summed E-state index contributed by atoms with van der Waals surface area (Å²) in [5.74, 6) is 1.59. The number of anilines is 6. The van der Waals surface area contributed by atoms with Crippen molar-refractivity contribution < 1.29 is 0 Å². The van der Waals surface area contributed by atoms with Crippen LogP contribution in [0.3, 0.4) is 0 Å². The third-order valence-corrected chi connectivity index (χ3v) is 13.8. The van der Waals surface area contributed by atoms with E-state index in [1.807, 2.05) is 0 Å². The third kappa shape index (κ3) is 7.78. The van der Waals surface area contributed by atoms with Crippen molar-refractivity contribution in [2.24, 2.45) is 0 Å². The van der Waals surface area contributed by atoms with E-state index in [-0.39, 0.29) is 0 Å². The minimum atomic E-state index is 0.397. The number of fused-ring (bicyclic) bond motifs is 5. The van der Waals surface area contributed by atoms with Crippen molar-refractivity contribution in [2.75, 3.05) is 9.80 Å². The standard InChI is InChI=1S/C60H66N2/c1-35(2)45-27-46(36(3)4)30-51(29-45)61(49-23-39(9)43(13)40(10)24-49)59-33-57-54-20-16-18-22-56(54)60(34-58(57)53-19-15-17-21-55(53)59)62(50-25-41(11)44(14)42(12)26-50)52-31-47(37(5)6)28-48(32-52)38(7)8/h15-38H,1-14H3. The predicted molar refractivity (Wildman–Crippen MR) is 273 cm³/mol. The summed E-state index contributed by atoms with van der Waals surface area (Å²) in [6.45, 7) is 32.0. The van der Waals surface area contributed by atoms with Crippen LogP contribution in [-0.4, -0.2) is 0 Å². The first-order valence-corrected chi connectivity index (χ1v) is 22.9. The Morgan fingerprint density at radius 3 is 0.823 bits per heavy atom. The van der Waals surface area contributed by atoms with Crippen LogP contribution in [0.25, 0.3) is 32.3 Å². The summed E-state index contributed by atoms with van der Waals surface area (Å²) in [6, 6.07) is 47.3. The topological polar surface area (TPSA) is 6.48 Å². The maximum absolute atomic E-state index is 2.55. The van der Waals surface area contributed by atoms with Crippen molar-refractivity contribution in [2.45, 2.75) is 121 Å². The first-order valence-electron chi connectivity index (χ1n) is 22.9. The fourth-order valence-corrected chi connectivity index (χ4v) is 9.33. The molecule has 0 saturated heterocycles. The molecule has 0 N–H and O–H groups in total. The van der Waals surface area contributed by atoms with E-state index >= 15 is 0 Å². The van der Waals surface area contributed by atoms with Crippen LogP contribution < -0.4 is 9.80 Å². The molecule has 0 radical (unpaired) electrons. The van der Waals surface area contributed by atoms with Crippen molar-refractivity contribution in [3.05, 3.63) is 177 Å². The average molecular weight is 815 g/mol. The molecule has 8 aromatic carbocycles. The molecule has 0 aliphatic carbocycles. The zero-order valence-electron chi connectivity index (χ0n) is 39.8. The maximum atomic E-state index is 2.55. The second kappa shape index (κ2) is 16.8. The smallest absolute Gasteiger partial charge is 0.0546 e. The first kappa shape index (κ1) is 42.8. The highest BCUT2D eigenvalue weighted by Gasteiger charge is 2.25. The second-order valence-electron chi connectivity index (χ2n) is 19.4. The van der Waals surface area contributed by atoms with Crippen LogP contribution in [0.4, 0.5) is 34.1 Å². The van der Waals surface area contributed by atoms with Crippen molar-refractivity contribution in [1.82, 2.24) is 0 Å². The van der Waals surface area contributed by atoms with Gasteiger partial charge in [0.05, 0.1) is 11.4 Å². The number of nitrogens with zero attached hydrogens (tertiary/aromatic N) is 2. The van der Waals surface area contributed by atoms with E-state index in [1.165, 1.54) is 122 Å². The van der Waals surface area contributed by atoms with Gasteiger partial charge < -0.3 is 9.80 Å². The Morgan fingerprint density at radius 1 is 0.290 bits per heavy atom. The van der Waals surface area contributed by atoms with E-state index in [4.69, 9.17) is 0 Å². The van der Waals surface area contributed by atoms with Gasteiger partial charge in [0.25, 0.3) is 0 Å².